The number of aliphatic imine (C=N–C) groups is 2. The van der Waals surface area contributed by atoms with Crippen molar-refractivity contribution in [3.8, 4) is 28.0 Å². The van der Waals surface area contributed by atoms with Crippen molar-refractivity contribution in [2.45, 2.75) is 37.5 Å². The van der Waals surface area contributed by atoms with Gasteiger partial charge in [0.2, 0.25) is 10.7 Å². The van der Waals surface area contributed by atoms with Gasteiger partial charge in [-0.25, -0.2) is 10.3 Å². The Morgan fingerprint density at radius 3 is 2.32 bits per heavy atom. The first-order valence-electron chi connectivity index (χ1n) is 10.5. The summed E-state index contributed by atoms with van der Waals surface area (Å²) in [5, 5.41) is 28.7. The summed E-state index contributed by atoms with van der Waals surface area (Å²) in [5.74, 6) is -0.132. The molecule has 0 unspecified atom stereocenters. The second-order valence-electron chi connectivity index (χ2n) is 8.16. The van der Waals surface area contributed by atoms with Crippen LogP contribution in [0.3, 0.4) is 0 Å². The van der Waals surface area contributed by atoms with E-state index in [1.54, 1.807) is 34.0 Å². The third-order valence-corrected chi connectivity index (χ3v) is 11.4. The molecule has 6 rings (SSSR count). The van der Waals surface area contributed by atoms with Gasteiger partial charge >= 0.3 is 5.84 Å². The highest BCUT2D eigenvalue weighted by Crippen LogP contribution is 2.65. The van der Waals surface area contributed by atoms with Crippen molar-refractivity contribution in [1.29, 1.82) is 15.8 Å². The van der Waals surface area contributed by atoms with Gasteiger partial charge < -0.3 is 4.85 Å². The molecule has 1 spiro atoms. The van der Waals surface area contributed by atoms with E-state index in [-0.39, 0.29) is 17.0 Å². The van der Waals surface area contributed by atoms with Crippen molar-refractivity contribution in [3.63, 3.8) is 0 Å². The molecule has 10 heteroatoms. The average molecular weight is 513 g/mol. The molecule has 4 aromatic rings. The molecule has 162 valence electrons. The molecule has 1 fully saturated rings. The lowest BCUT2D eigenvalue weighted by Crippen LogP contribution is -2.27. The van der Waals surface area contributed by atoms with Crippen LogP contribution in [-0.4, -0.2) is 11.5 Å². The van der Waals surface area contributed by atoms with E-state index in [0.717, 1.165) is 27.2 Å². The van der Waals surface area contributed by atoms with E-state index >= 15 is 0 Å². The topological polar surface area (TPSA) is 100 Å². The van der Waals surface area contributed by atoms with Crippen LogP contribution < -0.4 is 0 Å². The lowest BCUT2D eigenvalue weighted by Gasteiger charge is -2.34. The normalized spacial score (nSPS) is 15.9. The van der Waals surface area contributed by atoms with E-state index in [2.05, 4.69) is 20.9 Å². The van der Waals surface area contributed by atoms with Crippen molar-refractivity contribution < 1.29 is 0 Å². The molecule has 0 amide bonds. The molecule has 0 aromatic carbocycles. The third-order valence-electron chi connectivity index (χ3n) is 6.45. The summed E-state index contributed by atoms with van der Waals surface area (Å²) >= 11 is 6.69. The van der Waals surface area contributed by atoms with Crippen molar-refractivity contribution in [1.82, 2.24) is 0 Å². The van der Waals surface area contributed by atoms with Crippen molar-refractivity contribution >= 4 is 85.7 Å². The molecule has 0 N–H and O–H groups in total. The second-order valence-corrected chi connectivity index (χ2v) is 12.3. The summed E-state index contributed by atoms with van der Waals surface area (Å²) < 4.78 is 4.90. The second kappa shape index (κ2) is 7.84. The van der Waals surface area contributed by atoms with Gasteiger partial charge in [0.15, 0.2) is 0 Å². The summed E-state index contributed by atoms with van der Waals surface area (Å²) in [5.41, 5.74) is 2.60. The summed E-state index contributed by atoms with van der Waals surface area (Å²) in [6.45, 7) is 7.17. The summed E-state index contributed by atoms with van der Waals surface area (Å²) in [7, 11) is 0. The number of hydrogen-bond donors (Lipinski definition) is 0. The molecule has 0 bridgehead atoms. The Balaban J connectivity index is 1.57. The largest absolute Gasteiger partial charge is 0.351 e. The van der Waals surface area contributed by atoms with Crippen LogP contribution in [0.1, 0.15) is 43.2 Å². The quantitative estimate of drug-likeness (QED) is 0.154. The third kappa shape index (κ3) is 2.91. The number of thiophene rings is 4. The van der Waals surface area contributed by atoms with Crippen molar-refractivity contribution in [2.24, 2.45) is 9.98 Å². The van der Waals surface area contributed by atoms with Crippen LogP contribution in [0.2, 0.25) is 0 Å². The zero-order valence-electron chi connectivity index (χ0n) is 17.5. The lowest BCUT2D eigenvalue weighted by molar-refractivity contribution is 0.356. The number of amidine groups is 1. The lowest BCUT2D eigenvalue weighted by atomic mass is 9.68. The maximum absolute atomic E-state index is 9.16. The monoisotopic (exact) mass is 512 g/mol. The van der Waals surface area contributed by atoms with Gasteiger partial charge in [-0.2, -0.15) is 10.5 Å². The first-order chi connectivity index (χ1) is 16.6. The fourth-order valence-corrected chi connectivity index (χ4v) is 10.8. The average Bonchev–Trinajstić information content (AvgIpc) is 3.63. The summed E-state index contributed by atoms with van der Waals surface area (Å²) in [6.07, 6.45) is 5.80. The van der Waals surface area contributed by atoms with Gasteiger partial charge in [-0.05, 0) is 24.5 Å². The molecule has 0 radical (unpaired) electrons. The number of fused-ring (bicyclic) bond motifs is 9. The minimum atomic E-state index is -0.132. The van der Waals surface area contributed by atoms with E-state index < -0.39 is 0 Å². The fourth-order valence-electron chi connectivity index (χ4n) is 5.15. The molecule has 4 aromatic heterocycles. The Morgan fingerprint density at radius 2 is 1.62 bits per heavy atom. The standard InChI is InChI=1S/C24H12N6S4/c1-28-15(11-27)30-16-7-13-19(32-16)21-18(24(13)5-3-2-4-6-24)22-23(34-21)20-14(31-22)8-17(33-20)29-12(9-25)10-26/h7-8H,2-6H2/b30-15+. The van der Waals surface area contributed by atoms with Gasteiger partial charge in [0.25, 0.3) is 0 Å². The molecule has 4 heterocycles. The fraction of sp³-hybridized carbons (Fsp3) is 0.250. The molecular weight excluding hydrogens is 501 g/mol. The van der Waals surface area contributed by atoms with Gasteiger partial charge in [0.1, 0.15) is 23.2 Å². The molecule has 2 aliphatic carbocycles. The van der Waals surface area contributed by atoms with E-state index in [1.807, 2.05) is 24.3 Å². The molecular formula is C24H12N6S4. The van der Waals surface area contributed by atoms with E-state index in [1.165, 1.54) is 60.9 Å². The molecule has 2 aliphatic rings. The summed E-state index contributed by atoms with van der Waals surface area (Å²) in [4.78, 5) is 14.3. The number of nitriles is 3. The predicted octanol–water partition coefficient (Wildman–Crippen LogP) is 8.06. The smallest absolute Gasteiger partial charge is 0.350 e. The van der Waals surface area contributed by atoms with E-state index in [4.69, 9.17) is 22.4 Å². The molecule has 1 saturated carbocycles. The van der Waals surface area contributed by atoms with Crippen LogP contribution in [0.25, 0.3) is 33.4 Å². The highest BCUT2D eigenvalue weighted by Gasteiger charge is 2.48. The van der Waals surface area contributed by atoms with Crippen molar-refractivity contribution in [2.75, 3.05) is 0 Å². The Bertz CT molecular complexity index is 1710. The van der Waals surface area contributed by atoms with Gasteiger partial charge in [0.05, 0.1) is 23.9 Å². The maximum atomic E-state index is 9.16. The Hall–Kier alpha value is -3.38. The molecule has 6 nitrogen and oxygen atoms in total. The molecule has 0 aliphatic heterocycles. The first-order valence-corrected chi connectivity index (χ1v) is 13.8. The highest BCUT2D eigenvalue weighted by atomic mass is 32.1. The number of hydrogen-bond acceptors (Lipinski definition) is 9. The number of rotatable bonds is 2. The minimum absolute atomic E-state index is 0.0287. The van der Waals surface area contributed by atoms with Crippen LogP contribution in [0.5, 0.6) is 0 Å². The molecule has 0 saturated heterocycles. The number of nitrogens with zero attached hydrogens (tertiary/aromatic N) is 6. The summed E-state index contributed by atoms with van der Waals surface area (Å²) in [6, 6.07) is 9.64. The minimum Gasteiger partial charge on any atom is -0.351 e. The Kier molecular flexibility index (Phi) is 4.88. The van der Waals surface area contributed by atoms with Crippen LogP contribution >= 0.6 is 45.3 Å². The van der Waals surface area contributed by atoms with Gasteiger partial charge in [-0.3, -0.25) is 0 Å². The van der Waals surface area contributed by atoms with Gasteiger partial charge in [-0.15, -0.1) is 34.0 Å². The van der Waals surface area contributed by atoms with Crippen LogP contribution in [-0.2, 0) is 5.41 Å². The Labute approximate surface area is 210 Å². The zero-order chi connectivity index (χ0) is 23.4. The Morgan fingerprint density at radius 1 is 0.853 bits per heavy atom. The molecule has 34 heavy (non-hydrogen) atoms. The predicted molar refractivity (Wildman–Crippen MR) is 140 cm³/mol. The van der Waals surface area contributed by atoms with Crippen LogP contribution in [0.4, 0.5) is 10.0 Å². The van der Waals surface area contributed by atoms with Crippen LogP contribution in [0, 0.1) is 40.6 Å². The maximum Gasteiger partial charge on any atom is 0.350 e. The van der Waals surface area contributed by atoms with Gasteiger partial charge in [0, 0.05) is 21.7 Å². The van der Waals surface area contributed by atoms with Gasteiger partial charge in [-0.1, -0.05) is 42.2 Å². The van der Waals surface area contributed by atoms with E-state index in [9.17, 15) is 0 Å². The zero-order valence-corrected chi connectivity index (χ0v) is 20.8. The SMILES string of the molecule is [C-]#[N+]/C(C#N)=N/c1cc2c(s1)-c1sc3c(sc4cc(N=C(C#N)C#N)sc43)c1C21CCCCC1. The molecule has 0 atom stereocenters. The van der Waals surface area contributed by atoms with Crippen molar-refractivity contribution in [3.05, 3.63) is 34.7 Å². The first kappa shape index (κ1) is 21.2. The van der Waals surface area contributed by atoms with E-state index in [0.29, 0.717) is 5.00 Å². The highest BCUT2D eigenvalue weighted by molar-refractivity contribution is 7.41. The van der Waals surface area contributed by atoms with Crippen LogP contribution in [0.15, 0.2) is 22.1 Å².